The van der Waals surface area contributed by atoms with Gasteiger partial charge in [0, 0.05) is 25.5 Å². The van der Waals surface area contributed by atoms with E-state index >= 15 is 0 Å². The Balaban J connectivity index is 1.84. The largest absolute Gasteiger partial charge is 0.337 e. The van der Waals surface area contributed by atoms with Crippen molar-refractivity contribution in [2.45, 2.75) is 13.0 Å². The number of amides is 4. The van der Waals surface area contributed by atoms with Crippen LogP contribution < -0.4 is 5.32 Å². The lowest BCUT2D eigenvalue weighted by Gasteiger charge is -2.10. The number of carbonyl (C=O) groups excluding carboxylic acids is 3. The second-order valence-electron chi connectivity index (χ2n) is 3.37. The van der Waals surface area contributed by atoms with Crippen LogP contribution in [-0.4, -0.2) is 38.8 Å². The van der Waals surface area contributed by atoms with Crippen LogP contribution in [0.4, 0.5) is 4.79 Å². The van der Waals surface area contributed by atoms with Gasteiger partial charge in [-0.3, -0.25) is 19.8 Å². The number of aryl methyl sites for hydroxylation is 1. The smallest absolute Gasteiger partial charge is 0.331 e. The van der Waals surface area contributed by atoms with Gasteiger partial charge < -0.3 is 4.57 Å². The summed E-state index contributed by atoms with van der Waals surface area (Å²) in [5, 5.41) is 1.94. The van der Waals surface area contributed by atoms with E-state index in [1.165, 1.54) is 0 Å². The van der Waals surface area contributed by atoms with E-state index in [1.54, 1.807) is 18.7 Å². The number of rotatable bonds is 4. The zero-order chi connectivity index (χ0) is 11.5. The van der Waals surface area contributed by atoms with Gasteiger partial charge in [-0.05, 0) is 6.42 Å². The molecule has 1 aliphatic rings. The molecule has 1 fully saturated rings. The topological polar surface area (TPSA) is 84.3 Å². The van der Waals surface area contributed by atoms with Crippen molar-refractivity contribution in [1.82, 2.24) is 19.8 Å². The fraction of sp³-hybridized carbons (Fsp3) is 0.333. The first-order valence-corrected chi connectivity index (χ1v) is 4.81. The van der Waals surface area contributed by atoms with Crippen LogP contribution in [0.2, 0.25) is 0 Å². The maximum atomic E-state index is 11.2. The fourth-order valence-electron chi connectivity index (χ4n) is 1.47. The predicted octanol–water partition coefficient (Wildman–Crippen LogP) is -0.648. The lowest BCUT2D eigenvalue weighted by Crippen LogP contribution is -2.32. The molecule has 0 bridgehead atoms. The van der Waals surface area contributed by atoms with Gasteiger partial charge in [-0.25, -0.2) is 9.78 Å². The number of carbonyl (C=O) groups is 3. The molecule has 0 aromatic carbocycles. The average Bonchev–Trinajstić information content (AvgIpc) is 2.82. The molecule has 2 heterocycles. The summed E-state index contributed by atoms with van der Waals surface area (Å²) in [6.45, 7) is 0.875. The Labute approximate surface area is 91.0 Å². The van der Waals surface area contributed by atoms with Gasteiger partial charge in [-0.15, -0.1) is 0 Å². The fourth-order valence-corrected chi connectivity index (χ4v) is 1.47. The van der Waals surface area contributed by atoms with Crippen LogP contribution in [0.3, 0.4) is 0 Å². The summed E-state index contributed by atoms with van der Waals surface area (Å²) in [5.74, 6) is -1.64. The summed E-state index contributed by atoms with van der Waals surface area (Å²) < 4.78 is 1.83. The second-order valence-corrected chi connectivity index (χ2v) is 3.37. The van der Waals surface area contributed by atoms with Gasteiger partial charge in [0.05, 0.1) is 6.33 Å². The van der Waals surface area contributed by atoms with Crippen molar-refractivity contribution < 1.29 is 14.4 Å². The summed E-state index contributed by atoms with van der Waals surface area (Å²) in [6, 6.07) is -0.638. The summed E-state index contributed by atoms with van der Waals surface area (Å²) in [4.78, 5) is 38.0. The highest BCUT2D eigenvalue weighted by Crippen LogP contribution is 2.02. The van der Waals surface area contributed by atoms with Crippen molar-refractivity contribution in [2.24, 2.45) is 0 Å². The quantitative estimate of drug-likeness (QED) is 0.542. The molecule has 0 spiro atoms. The first kappa shape index (κ1) is 10.3. The zero-order valence-corrected chi connectivity index (χ0v) is 8.42. The van der Waals surface area contributed by atoms with Crippen molar-refractivity contribution in [2.75, 3.05) is 6.54 Å². The summed E-state index contributed by atoms with van der Waals surface area (Å²) in [6.07, 6.45) is 5.67. The van der Waals surface area contributed by atoms with Crippen LogP contribution >= 0.6 is 0 Å². The van der Waals surface area contributed by atoms with Gasteiger partial charge in [-0.2, -0.15) is 0 Å². The molecule has 1 aromatic rings. The summed E-state index contributed by atoms with van der Waals surface area (Å²) >= 11 is 0. The van der Waals surface area contributed by atoms with Gasteiger partial charge in [0.25, 0.3) is 0 Å². The third-order valence-corrected chi connectivity index (χ3v) is 2.26. The van der Waals surface area contributed by atoms with E-state index in [9.17, 15) is 14.4 Å². The Morgan fingerprint density at radius 1 is 1.25 bits per heavy atom. The third-order valence-electron chi connectivity index (χ3n) is 2.26. The van der Waals surface area contributed by atoms with Crippen LogP contribution in [0.25, 0.3) is 0 Å². The molecular formula is C9H10N4O3. The van der Waals surface area contributed by atoms with E-state index in [2.05, 4.69) is 4.98 Å². The van der Waals surface area contributed by atoms with E-state index < -0.39 is 17.8 Å². The molecule has 0 saturated carbocycles. The highest BCUT2D eigenvalue weighted by Gasteiger charge is 2.36. The molecule has 7 heteroatoms. The van der Waals surface area contributed by atoms with E-state index in [0.29, 0.717) is 13.0 Å². The Bertz CT molecular complexity index is 426. The van der Waals surface area contributed by atoms with Crippen LogP contribution in [0, 0.1) is 0 Å². The molecule has 0 atom stereocenters. The van der Waals surface area contributed by atoms with E-state index in [4.69, 9.17) is 0 Å². The van der Waals surface area contributed by atoms with E-state index in [0.717, 1.165) is 4.90 Å². The van der Waals surface area contributed by atoms with Crippen molar-refractivity contribution >= 4 is 17.8 Å². The molecule has 7 nitrogen and oxygen atoms in total. The van der Waals surface area contributed by atoms with Crippen LogP contribution in [0.15, 0.2) is 18.7 Å². The number of imide groups is 2. The number of hydrogen-bond acceptors (Lipinski definition) is 4. The van der Waals surface area contributed by atoms with E-state index in [-0.39, 0.29) is 6.54 Å². The van der Waals surface area contributed by atoms with Crippen LogP contribution in [0.1, 0.15) is 6.42 Å². The molecule has 0 aliphatic carbocycles. The first-order valence-electron chi connectivity index (χ1n) is 4.81. The first-order chi connectivity index (χ1) is 7.68. The molecule has 16 heavy (non-hydrogen) atoms. The Morgan fingerprint density at radius 3 is 2.62 bits per heavy atom. The van der Waals surface area contributed by atoms with Crippen LogP contribution in [-0.2, 0) is 16.1 Å². The van der Waals surface area contributed by atoms with Crippen molar-refractivity contribution in [1.29, 1.82) is 0 Å². The molecular weight excluding hydrogens is 212 g/mol. The van der Waals surface area contributed by atoms with Gasteiger partial charge in [-0.1, -0.05) is 0 Å². The lowest BCUT2D eigenvalue weighted by atomic mass is 10.4. The number of nitrogens with one attached hydrogen (secondary N) is 1. The van der Waals surface area contributed by atoms with Gasteiger partial charge in [0.2, 0.25) is 0 Å². The minimum atomic E-state index is -0.854. The highest BCUT2D eigenvalue weighted by atomic mass is 16.2. The molecule has 1 aromatic heterocycles. The molecule has 4 amide bonds. The van der Waals surface area contributed by atoms with Crippen molar-refractivity contribution in [3.05, 3.63) is 18.7 Å². The Hall–Kier alpha value is -2.18. The summed E-state index contributed by atoms with van der Waals surface area (Å²) in [7, 11) is 0. The number of aromatic nitrogens is 2. The number of hydrogen-bond donors (Lipinski definition) is 1. The third kappa shape index (κ3) is 1.92. The molecule has 1 saturated heterocycles. The molecule has 1 N–H and O–H groups in total. The zero-order valence-electron chi connectivity index (χ0n) is 8.42. The highest BCUT2D eigenvalue weighted by molar-refractivity contribution is 6.44. The molecule has 1 aliphatic heterocycles. The Morgan fingerprint density at radius 2 is 2.06 bits per heavy atom. The molecule has 2 rings (SSSR count). The Kier molecular flexibility index (Phi) is 2.67. The monoisotopic (exact) mass is 222 g/mol. The number of imidazole rings is 1. The standard InChI is InChI=1S/C9H10N4O3/c14-7-8(15)13(9(16)11-7)4-1-3-12-5-2-10-6-12/h2,5-6H,1,3-4H2,(H,11,14,16). The number of nitrogens with zero attached hydrogens (tertiary/aromatic N) is 3. The van der Waals surface area contributed by atoms with Gasteiger partial charge >= 0.3 is 17.8 Å². The SMILES string of the molecule is O=C1NC(=O)N(CCCn2ccnc2)C1=O. The minimum Gasteiger partial charge on any atom is -0.337 e. The predicted molar refractivity (Wildman–Crippen MR) is 52.1 cm³/mol. The van der Waals surface area contributed by atoms with Gasteiger partial charge in [0.1, 0.15) is 0 Å². The summed E-state index contributed by atoms with van der Waals surface area (Å²) in [5.41, 5.74) is 0. The van der Waals surface area contributed by atoms with E-state index in [1.807, 2.05) is 9.88 Å². The van der Waals surface area contributed by atoms with Gasteiger partial charge in [0.15, 0.2) is 0 Å². The van der Waals surface area contributed by atoms with Crippen molar-refractivity contribution in [3.8, 4) is 0 Å². The normalized spacial score (nSPS) is 15.8. The lowest BCUT2D eigenvalue weighted by molar-refractivity contribution is -0.140. The molecule has 0 unspecified atom stereocenters. The number of urea groups is 1. The molecule has 0 radical (unpaired) electrons. The van der Waals surface area contributed by atoms with Crippen molar-refractivity contribution in [3.63, 3.8) is 0 Å². The second kappa shape index (κ2) is 4.13. The average molecular weight is 222 g/mol. The van der Waals surface area contributed by atoms with Crippen LogP contribution in [0.5, 0.6) is 0 Å². The maximum Gasteiger partial charge on any atom is 0.331 e. The maximum absolute atomic E-state index is 11.2. The minimum absolute atomic E-state index is 0.231. The molecule has 84 valence electrons.